The number of carbonyl (C=O) groups is 3. The van der Waals surface area contributed by atoms with Crippen molar-refractivity contribution in [2.75, 3.05) is 19.8 Å². The fourth-order valence-corrected chi connectivity index (χ4v) is 4.41. The van der Waals surface area contributed by atoms with Crippen LogP contribution in [0.25, 0.3) is 23.0 Å². The number of ether oxygens (including phenoxy) is 2. The largest absolute Gasteiger partial charge is 0.492 e. The molecule has 4 rings (SSSR count). The standard InChI is InChI=1S/C30H27ClN4O5/c1-4-13-40-27-11-10-21(16-26(27)31)28-22(18-35(33-28)23-8-6-5-7-9-23)15-24-19(2)25(17-32)30(38)34(29(24)37)12-14-39-20(3)36/h5-11,15-16,18H,4,12-14H2,1-3H3/b24-15+. The molecular weight excluding hydrogens is 532 g/mol. The van der Waals surface area contributed by atoms with E-state index in [-0.39, 0.29) is 29.9 Å². The molecule has 0 N–H and O–H groups in total. The van der Waals surface area contributed by atoms with E-state index in [1.165, 1.54) is 6.92 Å². The van der Waals surface area contributed by atoms with Crippen molar-refractivity contribution in [3.05, 3.63) is 82.0 Å². The summed E-state index contributed by atoms with van der Waals surface area (Å²) in [7, 11) is 0. The van der Waals surface area contributed by atoms with Crippen LogP contribution in [-0.4, -0.2) is 52.2 Å². The second-order valence-electron chi connectivity index (χ2n) is 8.98. The third-order valence-corrected chi connectivity index (χ3v) is 6.47. The van der Waals surface area contributed by atoms with Gasteiger partial charge in [-0.25, -0.2) is 4.68 Å². The number of rotatable bonds is 9. The van der Waals surface area contributed by atoms with Gasteiger partial charge in [-0.05, 0) is 55.3 Å². The van der Waals surface area contributed by atoms with E-state index in [0.29, 0.717) is 34.2 Å². The molecule has 3 aromatic rings. The van der Waals surface area contributed by atoms with Gasteiger partial charge in [0.1, 0.15) is 29.7 Å². The van der Waals surface area contributed by atoms with E-state index in [4.69, 9.17) is 26.2 Å². The Kier molecular flexibility index (Phi) is 8.82. The molecule has 204 valence electrons. The zero-order chi connectivity index (χ0) is 28.8. The van der Waals surface area contributed by atoms with E-state index >= 15 is 0 Å². The number of nitriles is 1. The van der Waals surface area contributed by atoms with Gasteiger partial charge in [0.2, 0.25) is 0 Å². The Labute approximate surface area is 236 Å². The highest BCUT2D eigenvalue weighted by Gasteiger charge is 2.35. The van der Waals surface area contributed by atoms with Gasteiger partial charge in [-0.1, -0.05) is 36.7 Å². The zero-order valence-electron chi connectivity index (χ0n) is 22.3. The van der Waals surface area contributed by atoms with Crippen LogP contribution in [0.1, 0.15) is 32.8 Å². The van der Waals surface area contributed by atoms with E-state index in [0.717, 1.165) is 17.0 Å². The normalized spacial score (nSPS) is 14.5. The molecule has 0 aliphatic carbocycles. The number of halogens is 1. The van der Waals surface area contributed by atoms with Crippen molar-refractivity contribution in [3.8, 4) is 28.8 Å². The zero-order valence-corrected chi connectivity index (χ0v) is 23.1. The predicted molar refractivity (Wildman–Crippen MR) is 149 cm³/mol. The van der Waals surface area contributed by atoms with Gasteiger partial charge in [-0.3, -0.25) is 19.3 Å². The molecule has 0 fully saturated rings. The van der Waals surface area contributed by atoms with Crippen molar-refractivity contribution in [2.24, 2.45) is 0 Å². The van der Waals surface area contributed by atoms with Crippen LogP contribution < -0.4 is 4.74 Å². The Morgan fingerprint density at radius 1 is 1.12 bits per heavy atom. The summed E-state index contributed by atoms with van der Waals surface area (Å²) in [5.41, 5.74) is 2.82. The van der Waals surface area contributed by atoms with Crippen LogP contribution in [0.5, 0.6) is 5.75 Å². The number of hydrogen-bond donors (Lipinski definition) is 0. The van der Waals surface area contributed by atoms with Gasteiger partial charge in [0, 0.05) is 29.8 Å². The Bertz CT molecular complexity index is 1570. The molecule has 0 spiro atoms. The molecule has 0 unspecified atom stereocenters. The average molecular weight is 559 g/mol. The summed E-state index contributed by atoms with van der Waals surface area (Å²) in [5, 5.41) is 14.9. The maximum atomic E-state index is 13.5. The highest BCUT2D eigenvalue weighted by Crippen LogP contribution is 2.34. The number of nitrogens with zero attached hydrogens (tertiary/aromatic N) is 4. The smallest absolute Gasteiger partial charge is 0.302 e. The number of hydrogen-bond acceptors (Lipinski definition) is 7. The maximum absolute atomic E-state index is 13.5. The molecule has 1 aliphatic heterocycles. The van der Waals surface area contributed by atoms with Gasteiger partial charge < -0.3 is 9.47 Å². The molecule has 2 amide bonds. The number of para-hydroxylation sites is 1. The molecular formula is C30H27ClN4O5. The molecule has 0 atom stereocenters. The van der Waals surface area contributed by atoms with Crippen molar-refractivity contribution in [3.63, 3.8) is 0 Å². The molecule has 0 saturated carbocycles. The fourth-order valence-electron chi connectivity index (χ4n) is 4.18. The quantitative estimate of drug-likeness (QED) is 0.203. The van der Waals surface area contributed by atoms with Crippen molar-refractivity contribution in [1.82, 2.24) is 14.7 Å². The van der Waals surface area contributed by atoms with Gasteiger partial charge >= 0.3 is 5.97 Å². The lowest BCUT2D eigenvalue weighted by Crippen LogP contribution is -2.44. The maximum Gasteiger partial charge on any atom is 0.302 e. The third-order valence-electron chi connectivity index (χ3n) is 6.18. The van der Waals surface area contributed by atoms with Crippen LogP contribution in [-0.2, 0) is 19.1 Å². The summed E-state index contributed by atoms with van der Waals surface area (Å²) in [6, 6.07) is 16.7. The highest BCUT2D eigenvalue weighted by molar-refractivity contribution is 6.32. The monoisotopic (exact) mass is 558 g/mol. The predicted octanol–water partition coefficient (Wildman–Crippen LogP) is 5.14. The van der Waals surface area contributed by atoms with Gasteiger partial charge in [0.05, 0.1) is 23.9 Å². The van der Waals surface area contributed by atoms with Crippen LogP contribution in [0.2, 0.25) is 5.02 Å². The lowest BCUT2D eigenvalue weighted by atomic mass is 9.93. The molecule has 0 radical (unpaired) electrons. The molecule has 40 heavy (non-hydrogen) atoms. The van der Waals surface area contributed by atoms with Gasteiger partial charge in [0.25, 0.3) is 11.8 Å². The first kappa shape index (κ1) is 28.3. The first-order valence-corrected chi connectivity index (χ1v) is 13.0. The first-order chi connectivity index (χ1) is 19.2. The van der Waals surface area contributed by atoms with Crippen molar-refractivity contribution in [2.45, 2.75) is 27.2 Å². The van der Waals surface area contributed by atoms with Gasteiger partial charge in [-0.15, -0.1) is 0 Å². The van der Waals surface area contributed by atoms with Crippen LogP contribution >= 0.6 is 11.6 Å². The van der Waals surface area contributed by atoms with E-state index in [1.54, 1.807) is 36.0 Å². The Morgan fingerprint density at radius 2 is 1.88 bits per heavy atom. The molecule has 0 saturated heterocycles. The first-order valence-electron chi connectivity index (χ1n) is 12.7. The van der Waals surface area contributed by atoms with E-state index < -0.39 is 17.8 Å². The number of imide groups is 1. The molecule has 0 bridgehead atoms. The van der Waals surface area contributed by atoms with Crippen LogP contribution in [0.3, 0.4) is 0 Å². The third kappa shape index (κ3) is 5.98. The topological polar surface area (TPSA) is 115 Å². The minimum Gasteiger partial charge on any atom is -0.492 e. The second-order valence-corrected chi connectivity index (χ2v) is 9.39. The SMILES string of the molecule is CCCOc1ccc(-c2nn(-c3ccccc3)cc2/C=C2/C(=O)N(CCOC(C)=O)C(=O)C(C#N)=C2C)cc1Cl. The Morgan fingerprint density at radius 3 is 2.52 bits per heavy atom. The van der Waals surface area contributed by atoms with Crippen LogP contribution in [0, 0.1) is 11.3 Å². The van der Waals surface area contributed by atoms with Gasteiger partial charge in [0.15, 0.2) is 0 Å². The molecule has 10 heteroatoms. The second kappa shape index (κ2) is 12.5. The molecule has 2 aromatic carbocycles. The van der Waals surface area contributed by atoms with Crippen LogP contribution in [0.4, 0.5) is 0 Å². The lowest BCUT2D eigenvalue weighted by Gasteiger charge is -2.27. The molecule has 2 heterocycles. The summed E-state index contributed by atoms with van der Waals surface area (Å²) >= 11 is 6.52. The Hall–Kier alpha value is -4.68. The number of carbonyl (C=O) groups excluding carboxylic acids is 3. The summed E-state index contributed by atoms with van der Waals surface area (Å²) < 4.78 is 12.3. The summed E-state index contributed by atoms with van der Waals surface area (Å²) in [6.45, 7) is 4.96. The summed E-state index contributed by atoms with van der Waals surface area (Å²) in [6.07, 6.45) is 4.21. The minimum atomic E-state index is -0.732. The lowest BCUT2D eigenvalue weighted by molar-refractivity contribution is -0.147. The van der Waals surface area contributed by atoms with Gasteiger partial charge in [-0.2, -0.15) is 10.4 Å². The summed E-state index contributed by atoms with van der Waals surface area (Å²) in [4.78, 5) is 38.5. The fraction of sp³-hybridized carbons (Fsp3) is 0.233. The Balaban J connectivity index is 1.84. The molecule has 9 nitrogen and oxygen atoms in total. The van der Waals surface area contributed by atoms with E-state index in [2.05, 4.69) is 0 Å². The van der Waals surface area contributed by atoms with E-state index in [9.17, 15) is 19.6 Å². The minimum absolute atomic E-state index is 0.154. The molecule has 1 aromatic heterocycles. The number of esters is 1. The average Bonchev–Trinajstić information content (AvgIpc) is 3.37. The van der Waals surface area contributed by atoms with Crippen molar-refractivity contribution in [1.29, 1.82) is 5.26 Å². The number of benzene rings is 2. The highest BCUT2D eigenvalue weighted by atomic mass is 35.5. The number of amides is 2. The van der Waals surface area contributed by atoms with Crippen molar-refractivity contribution >= 4 is 35.5 Å². The van der Waals surface area contributed by atoms with Crippen LogP contribution in [0.15, 0.2) is 71.4 Å². The van der Waals surface area contributed by atoms with Crippen molar-refractivity contribution < 1.29 is 23.9 Å². The molecule has 1 aliphatic rings. The van der Waals surface area contributed by atoms with E-state index in [1.807, 2.05) is 49.4 Å². The number of aromatic nitrogens is 2. The summed E-state index contributed by atoms with van der Waals surface area (Å²) in [5.74, 6) is -1.32.